The number of benzene rings is 1. The van der Waals surface area contributed by atoms with Gasteiger partial charge in [-0.2, -0.15) is 5.10 Å². The van der Waals surface area contributed by atoms with Crippen molar-refractivity contribution < 1.29 is 14.3 Å². The summed E-state index contributed by atoms with van der Waals surface area (Å²) >= 11 is 1.22. The van der Waals surface area contributed by atoms with Gasteiger partial charge in [0.2, 0.25) is 5.13 Å². The number of aromatic nitrogens is 1. The van der Waals surface area contributed by atoms with E-state index in [0.717, 1.165) is 11.3 Å². The summed E-state index contributed by atoms with van der Waals surface area (Å²) in [5, 5.41) is 4.69. The average Bonchev–Trinajstić information content (AvgIpc) is 2.90. The van der Waals surface area contributed by atoms with E-state index in [2.05, 4.69) is 15.5 Å². The Balaban J connectivity index is 2.06. The zero-order valence-corrected chi connectivity index (χ0v) is 14.1. The van der Waals surface area contributed by atoms with Crippen LogP contribution in [0.1, 0.15) is 34.8 Å². The van der Waals surface area contributed by atoms with Gasteiger partial charge in [-0.15, -0.1) is 0 Å². The number of hydrogen-bond donors (Lipinski definition) is 1. The van der Waals surface area contributed by atoms with E-state index in [1.807, 2.05) is 31.2 Å². The van der Waals surface area contributed by atoms with Gasteiger partial charge in [0.25, 0.3) is 0 Å². The van der Waals surface area contributed by atoms with Crippen molar-refractivity contribution in [2.75, 3.05) is 18.6 Å². The molecule has 0 saturated carbocycles. The third-order valence-corrected chi connectivity index (χ3v) is 3.88. The first-order chi connectivity index (χ1) is 11.2. The van der Waals surface area contributed by atoms with Crippen LogP contribution in [0.3, 0.4) is 0 Å². The fraction of sp³-hybridized carbons (Fsp3) is 0.312. The molecular weight excluding hydrogens is 314 g/mol. The number of aryl methyl sites for hydroxylation is 1. The van der Waals surface area contributed by atoms with E-state index >= 15 is 0 Å². The van der Waals surface area contributed by atoms with Crippen LogP contribution < -0.4 is 10.2 Å². The van der Waals surface area contributed by atoms with Gasteiger partial charge in [0, 0.05) is 5.56 Å². The highest BCUT2D eigenvalue weighted by Crippen LogP contribution is 2.23. The van der Waals surface area contributed by atoms with Gasteiger partial charge in [-0.3, -0.25) is 5.43 Å². The highest BCUT2D eigenvalue weighted by atomic mass is 32.1. The molecule has 0 radical (unpaired) electrons. The van der Waals surface area contributed by atoms with Crippen molar-refractivity contribution in [1.82, 2.24) is 4.98 Å². The largest absolute Gasteiger partial charge is 0.493 e. The van der Waals surface area contributed by atoms with Gasteiger partial charge >= 0.3 is 5.97 Å². The van der Waals surface area contributed by atoms with Crippen molar-refractivity contribution >= 4 is 28.7 Å². The molecule has 0 atom stereocenters. The second-order valence-electron chi connectivity index (χ2n) is 4.49. The number of rotatable bonds is 7. The lowest BCUT2D eigenvalue weighted by Crippen LogP contribution is -2.03. The van der Waals surface area contributed by atoms with Crippen LogP contribution in [0.5, 0.6) is 5.75 Å². The quantitative estimate of drug-likeness (QED) is 0.477. The van der Waals surface area contributed by atoms with E-state index in [9.17, 15) is 4.79 Å². The molecule has 7 heteroatoms. The van der Waals surface area contributed by atoms with E-state index in [1.165, 1.54) is 11.3 Å². The van der Waals surface area contributed by atoms with Crippen molar-refractivity contribution in [1.29, 1.82) is 0 Å². The smallest absolute Gasteiger partial charge is 0.350 e. The van der Waals surface area contributed by atoms with Gasteiger partial charge in [0.1, 0.15) is 10.6 Å². The molecule has 0 saturated heterocycles. The number of esters is 1. The fourth-order valence-electron chi connectivity index (χ4n) is 1.86. The van der Waals surface area contributed by atoms with E-state index in [-0.39, 0.29) is 5.97 Å². The van der Waals surface area contributed by atoms with E-state index < -0.39 is 0 Å². The normalized spacial score (nSPS) is 10.7. The predicted octanol–water partition coefficient (Wildman–Crippen LogP) is 3.47. The summed E-state index contributed by atoms with van der Waals surface area (Å²) in [6, 6.07) is 7.62. The molecule has 2 aromatic rings. The number of hydrogen-bond acceptors (Lipinski definition) is 7. The molecule has 0 aliphatic carbocycles. The number of nitrogens with one attached hydrogen (secondary N) is 1. The van der Waals surface area contributed by atoms with Gasteiger partial charge in [-0.05, 0) is 32.9 Å². The summed E-state index contributed by atoms with van der Waals surface area (Å²) in [7, 11) is 0. The molecule has 2 rings (SSSR count). The molecule has 0 unspecified atom stereocenters. The lowest BCUT2D eigenvalue weighted by Gasteiger charge is -2.05. The molecule has 122 valence electrons. The maximum Gasteiger partial charge on any atom is 0.350 e. The van der Waals surface area contributed by atoms with Gasteiger partial charge in [0.15, 0.2) is 0 Å². The molecule has 1 heterocycles. The summed E-state index contributed by atoms with van der Waals surface area (Å²) in [6.45, 7) is 6.40. The molecule has 0 amide bonds. The van der Waals surface area contributed by atoms with Crippen LogP contribution in [0.25, 0.3) is 0 Å². The molecule has 0 aliphatic rings. The molecule has 23 heavy (non-hydrogen) atoms. The first-order valence-corrected chi connectivity index (χ1v) is 8.12. The van der Waals surface area contributed by atoms with E-state index in [4.69, 9.17) is 9.47 Å². The second-order valence-corrected chi connectivity index (χ2v) is 5.49. The maximum absolute atomic E-state index is 11.8. The minimum absolute atomic E-state index is 0.339. The highest BCUT2D eigenvalue weighted by Gasteiger charge is 2.15. The monoisotopic (exact) mass is 333 g/mol. The van der Waals surface area contributed by atoms with E-state index in [1.54, 1.807) is 20.1 Å². The van der Waals surface area contributed by atoms with Crippen LogP contribution >= 0.6 is 11.3 Å². The number of para-hydroxylation sites is 1. The Morgan fingerprint density at radius 1 is 1.35 bits per heavy atom. The average molecular weight is 333 g/mol. The number of thiazole rings is 1. The number of hydrazone groups is 1. The van der Waals surface area contributed by atoms with Crippen LogP contribution in [0.15, 0.2) is 29.4 Å². The number of nitrogens with zero attached hydrogens (tertiary/aromatic N) is 2. The summed E-state index contributed by atoms with van der Waals surface area (Å²) in [5.74, 6) is 0.407. The first kappa shape index (κ1) is 17.0. The first-order valence-electron chi connectivity index (χ1n) is 7.31. The number of ether oxygens (including phenoxy) is 2. The topological polar surface area (TPSA) is 72.8 Å². The molecule has 0 spiro atoms. The Kier molecular flexibility index (Phi) is 6.10. The van der Waals surface area contributed by atoms with Crippen LogP contribution in [0, 0.1) is 6.92 Å². The predicted molar refractivity (Wildman–Crippen MR) is 91.6 cm³/mol. The Morgan fingerprint density at radius 3 is 2.87 bits per heavy atom. The van der Waals surface area contributed by atoms with Crippen molar-refractivity contribution in [3.8, 4) is 5.75 Å². The molecule has 6 nitrogen and oxygen atoms in total. The molecule has 0 bridgehead atoms. The number of anilines is 1. The second kappa shape index (κ2) is 8.28. The third-order valence-electron chi connectivity index (χ3n) is 2.84. The lowest BCUT2D eigenvalue weighted by molar-refractivity contribution is 0.0531. The summed E-state index contributed by atoms with van der Waals surface area (Å²) in [4.78, 5) is 16.5. The summed E-state index contributed by atoms with van der Waals surface area (Å²) in [6.07, 6.45) is 1.66. The van der Waals surface area contributed by atoms with Gasteiger partial charge < -0.3 is 9.47 Å². The minimum Gasteiger partial charge on any atom is -0.493 e. The van der Waals surface area contributed by atoms with Crippen molar-refractivity contribution in [3.63, 3.8) is 0 Å². The number of carbonyl (C=O) groups excluding carboxylic acids is 1. The SMILES string of the molecule is CCOC(=O)c1sc(N/N=C/c2ccccc2OCC)nc1C. The van der Waals surface area contributed by atoms with Crippen molar-refractivity contribution in [3.05, 3.63) is 40.4 Å². The van der Waals surface area contributed by atoms with Gasteiger partial charge in [-0.25, -0.2) is 9.78 Å². The maximum atomic E-state index is 11.8. The van der Waals surface area contributed by atoms with Crippen molar-refractivity contribution in [2.24, 2.45) is 5.10 Å². The standard InChI is InChI=1S/C16H19N3O3S/c1-4-21-13-9-7-6-8-12(13)10-17-19-16-18-11(3)14(23-16)15(20)22-5-2/h6-10H,4-5H2,1-3H3,(H,18,19)/b17-10+. The van der Waals surface area contributed by atoms with E-state index in [0.29, 0.717) is 28.9 Å². The summed E-state index contributed by atoms with van der Waals surface area (Å²) < 4.78 is 10.5. The zero-order valence-electron chi connectivity index (χ0n) is 13.3. The Morgan fingerprint density at radius 2 is 2.13 bits per heavy atom. The third kappa shape index (κ3) is 4.53. The summed E-state index contributed by atoms with van der Waals surface area (Å²) in [5.41, 5.74) is 4.32. The molecule has 1 aromatic carbocycles. The molecule has 0 fully saturated rings. The molecule has 1 N–H and O–H groups in total. The van der Waals surface area contributed by atoms with Crippen LogP contribution in [0.2, 0.25) is 0 Å². The van der Waals surface area contributed by atoms with Crippen LogP contribution in [-0.2, 0) is 4.74 Å². The Bertz CT molecular complexity index is 698. The molecular formula is C16H19N3O3S. The van der Waals surface area contributed by atoms with Gasteiger partial charge in [-0.1, -0.05) is 23.5 Å². The molecule has 0 aliphatic heterocycles. The fourth-order valence-corrected chi connectivity index (χ4v) is 2.67. The highest BCUT2D eigenvalue weighted by molar-refractivity contribution is 7.17. The Hall–Kier alpha value is -2.41. The zero-order chi connectivity index (χ0) is 16.7. The Labute approximate surface area is 139 Å². The van der Waals surface area contributed by atoms with Crippen LogP contribution in [-0.4, -0.2) is 30.4 Å². The van der Waals surface area contributed by atoms with Crippen molar-refractivity contribution in [2.45, 2.75) is 20.8 Å². The lowest BCUT2D eigenvalue weighted by atomic mass is 10.2. The number of carbonyl (C=O) groups is 1. The van der Waals surface area contributed by atoms with Gasteiger partial charge in [0.05, 0.1) is 25.1 Å². The minimum atomic E-state index is -0.360. The van der Waals surface area contributed by atoms with Crippen LogP contribution in [0.4, 0.5) is 5.13 Å². The molecule has 1 aromatic heterocycles.